The minimum atomic E-state index is -0.484. The number of nitrogens with zero attached hydrogens (tertiary/aromatic N) is 1. The summed E-state index contributed by atoms with van der Waals surface area (Å²) in [5, 5.41) is 0. The van der Waals surface area contributed by atoms with Gasteiger partial charge in [0.05, 0.1) is 13.7 Å². The van der Waals surface area contributed by atoms with Crippen LogP contribution in [0.4, 0.5) is 5.69 Å². The average Bonchev–Trinajstić information content (AvgIpc) is 2.49. The quantitative estimate of drug-likeness (QED) is 0.666. The van der Waals surface area contributed by atoms with Crippen LogP contribution in [-0.4, -0.2) is 24.7 Å². The zero-order valence-electron chi connectivity index (χ0n) is 11.2. The molecule has 0 spiro atoms. The first kappa shape index (κ1) is 13.9. The van der Waals surface area contributed by atoms with Crippen LogP contribution in [0.5, 0.6) is 5.75 Å². The third kappa shape index (κ3) is 3.47. The van der Waals surface area contributed by atoms with Gasteiger partial charge in [-0.05, 0) is 17.7 Å². The molecule has 104 valence electrons. The molecular formula is C15H16N2O3. The van der Waals surface area contributed by atoms with Gasteiger partial charge in [-0.25, -0.2) is 9.78 Å². The Labute approximate surface area is 117 Å². The van der Waals surface area contributed by atoms with E-state index in [2.05, 4.69) is 9.72 Å². The third-order valence-corrected chi connectivity index (χ3v) is 2.82. The number of ether oxygens (including phenoxy) is 2. The van der Waals surface area contributed by atoms with Crippen molar-refractivity contribution >= 4 is 11.7 Å². The number of hydrogen-bond donors (Lipinski definition) is 1. The summed E-state index contributed by atoms with van der Waals surface area (Å²) in [6, 6.07) is 10.9. The van der Waals surface area contributed by atoms with Gasteiger partial charge in [-0.2, -0.15) is 0 Å². The average molecular weight is 272 g/mol. The first-order valence-electron chi connectivity index (χ1n) is 6.21. The number of nitrogen functional groups attached to an aromatic ring is 1. The van der Waals surface area contributed by atoms with E-state index >= 15 is 0 Å². The Balaban J connectivity index is 1.94. The molecule has 20 heavy (non-hydrogen) atoms. The van der Waals surface area contributed by atoms with Gasteiger partial charge in [-0.3, -0.25) is 0 Å². The molecule has 0 atom stereocenters. The summed E-state index contributed by atoms with van der Waals surface area (Å²) in [6.45, 7) is 0.471. The molecule has 2 rings (SSSR count). The summed E-state index contributed by atoms with van der Waals surface area (Å²) < 4.78 is 10.2. The summed E-state index contributed by atoms with van der Waals surface area (Å²) in [4.78, 5) is 15.3. The Morgan fingerprint density at radius 3 is 2.85 bits per heavy atom. The van der Waals surface area contributed by atoms with E-state index in [1.54, 1.807) is 12.1 Å². The van der Waals surface area contributed by atoms with Crippen LogP contribution < -0.4 is 10.5 Å². The van der Waals surface area contributed by atoms with Gasteiger partial charge < -0.3 is 15.2 Å². The van der Waals surface area contributed by atoms with Crippen molar-refractivity contribution in [1.82, 2.24) is 4.98 Å². The molecule has 2 N–H and O–H groups in total. The molecule has 0 aliphatic heterocycles. The third-order valence-electron chi connectivity index (χ3n) is 2.82. The van der Waals surface area contributed by atoms with Crippen LogP contribution in [0.3, 0.4) is 0 Å². The second-order valence-electron chi connectivity index (χ2n) is 4.17. The number of anilines is 1. The minimum absolute atomic E-state index is 0.226. The van der Waals surface area contributed by atoms with Gasteiger partial charge in [0.15, 0.2) is 5.69 Å². The lowest BCUT2D eigenvalue weighted by Crippen LogP contribution is -2.06. The Kier molecular flexibility index (Phi) is 4.55. The molecule has 0 saturated heterocycles. The first-order chi connectivity index (χ1) is 9.70. The van der Waals surface area contributed by atoms with E-state index in [9.17, 15) is 4.79 Å². The largest absolute Gasteiger partial charge is 0.493 e. The number of nitrogens with two attached hydrogens (primary N) is 1. The molecule has 5 nitrogen and oxygen atoms in total. The Morgan fingerprint density at radius 1 is 1.30 bits per heavy atom. The number of carbonyl (C=O) groups excluding carboxylic acids is 1. The molecule has 0 amide bonds. The van der Waals surface area contributed by atoms with E-state index in [1.807, 2.05) is 24.3 Å². The Morgan fingerprint density at radius 2 is 2.10 bits per heavy atom. The lowest BCUT2D eigenvalue weighted by Gasteiger charge is -2.08. The molecule has 1 aromatic carbocycles. The number of carbonyl (C=O) groups is 1. The van der Waals surface area contributed by atoms with E-state index in [1.165, 1.54) is 13.3 Å². The number of para-hydroxylation sites is 1. The van der Waals surface area contributed by atoms with Crippen molar-refractivity contribution in [1.29, 1.82) is 0 Å². The van der Waals surface area contributed by atoms with Gasteiger partial charge in [0.1, 0.15) is 5.75 Å². The first-order valence-corrected chi connectivity index (χ1v) is 6.21. The zero-order chi connectivity index (χ0) is 14.4. The topological polar surface area (TPSA) is 74.4 Å². The van der Waals surface area contributed by atoms with Crippen LogP contribution in [0.15, 0.2) is 42.6 Å². The molecule has 0 unspecified atom stereocenters. The van der Waals surface area contributed by atoms with Gasteiger partial charge in [0, 0.05) is 24.4 Å². The van der Waals surface area contributed by atoms with Crippen LogP contribution >= 0.6 is 0 Å². The van der Waals surface area contributed by atoms with Crippen molar-refractivity contribution in [3.05, 3.63) is 53.9 Å². The monoisotopic (exact) mass is 272 g/mol. The van der Waals surface area contributed by atoms with Crippen molar-refractivity contribution < 1.29 is 14.3 Å². The number of hydrogen-bond acceptors (Lipinski definition) is 5. The summed E-state index contributed by atoms with van der Waals surface area (Å²) in [6.07, 6.45) is 2.21. The highest BCUT2D eigenvalue weighted by Crippen LogP contribution is 2.14. The summed E-state index contributed by atoms with van der Waals surface area (Å²) >= 11 is 0. The van der Waals surface area contributed by atoms with Crippen LogP contribution in [-0.2, 0) is 11.2 Å². The highest BCUT2D eigenvalue weighted by molar-refractivity contribution is 5.87. The molecular weight excluding hydrogens is 256 g/mol. The van der Waals surface area contributed by atoms with E-state index < -0.39 is 5.97 Å². The number of pyridine rings is 1. The molecule has 0 saturated carbocycles. The molecule has 0 radical (unpaired) electrons. The van der Waals surface area contributed by atoms with Crippen molar-refractivity contribution in [2.45, 2.75) is 6.42 Å². The predicted molar refractivity (Wildman–Crippen MR) is 75.6 cm³/mol. The number of benzene rings is 1. The lowest BCUT2D eigenvalue weighted by atomic mass is 10.1. The maximum Gasteiger partial charge on any atom is 0.356 e. The standard InChI is InChI=1S/C15H16N2O3/c1-19-15(18)14-10-12(6-8-17-14)20-9-7-11-4-2-3-5-13(11)16/h2-6,8,10H,7,9,16H2,1H3. The number of aromatic nitrogens is 1. The molecule has 5 heteroatoms. The van der Waals surface area contributed by atoms with Crippen LogP contribution in [0.2, 0.25) is 0 Å². The fourth-order valence-electron chi connectivity index (χ4n) is 1.76. The van der Waals surface area contributed by atoms with Crippen LogP contribution in [0.1, 0.15) is 16.1 Å². The maximum absolute atomic E-state index is 11.3. The highest BCUT2D eigenvalue weighted by atomic mass is 16.5. The fourth-order valence-corrected chi connectivity index (χ4v) is 1.76. The minimum Gasteiger partial charge on any atom is -0.493 e. The second-order valence-corrected chi connectivity index (χ2v) is 4.17. The molecule has 0 bridgehead atoms. The number of rotatable bonds is 5. The van der Waals surface area contributed by atoms with Crippen LogP contribution in [0, 0.1) is 0 Å². The summed E-state index contributed by atoms with van der Waals surface area (Å²) in [5.41, 5.74) is 7.87. The van der Waals surface area contributed by atoms with Gasteiger partial charge in [0.25, 0.3) is 0 Å². The van der Waals surface area contributed by atoms with E-state index in [0.717, 1.165) is 11.3 Å². The van der Waals surface area contributed by atoms with Gasteiger partial charge in [-0.1, -0.05) is 18.2 Å². The molecule has 0 aliphatic rings. The van der Waals surface area contributed by atoms with Crippen molar-refractivity contribution in [3.63, 3.8) is 0 Å². The van der Waals surface area contributed by atoms with Crippen molar-refractivity contribution in [2.75, 3.05) is 19.5 Å². The summed E-state index contributed by atoms with van der Waals surface area (Å²) in [7, 11) is 1.32. The SMILES string of the molecule is COC(=O)c1cc(OCCc2ccccc2N)ccn1. The molecule has 2 aromatic rings. The highest BCUT2D eigenvalue weighted by Gasteiger charge is 2.08. The van der Waals surface area contributed by atoms with Crippen molar-refractivity contribution in [2.24, 2.45) is 0 Å². The molecule has 0 aliphatic carbocycles. The normalized spacial score (nSPS) is 10.1. The van der Waals surface area contributed by atoms with Gasteiger partial charge in [-0.15, -0.1) is 0 Å². The van der Waals surface area contributed by atoms with E-state index in [4.69, 9.17) is 10.5 Å². The zero-order valence-corrected chi connectivity index (χ0v) is 11.2. The Bertz CT molecular complexity index is 599. The van der Waals surface area contributed by atoms with Crippen molar-refractivity contribution in [3.8, 4) is 5.75 Å². The molecule has 1 heterocycles. The molecule has 0 fully saturated rings. The van der Waals surface area contributed by atoms with Gasteiger partial charge in [0.2, 0.25) is 0 Å². The lowest BCUT2D eigenvalue weighted by molar-refractivity contribution is 0.0593. The fraction of sp³-hybridized carbons (Fsp3) is 0.200. The maximum atomic E-state index is 11.3. The summed E-state index contributed by atoms with van der Waals surface area (Å²) in [5.74, 6) is 0.0951. The smallest absolute Gasteiger partial charge is 0.356 e. The van der Waals surface area contributed by atoms with E-state index in [-0.39, 0.29) is 5.69 Å². The van der Waals surface area contributed by atoms with E-state index in [0.29, 0.717) is 18.8 Å². The predicted octanol–water partition coefficient (Wildman–Crippen LogP) is 2.07. The molecule has 1 aromatic heterocycles. The number of esters is 1. The van der Waals surface area contributed by atoms with Gasteiger partial charge >= 0.3 is 5.97 Å². The van der Waals surface area contributed by atoms with Crippen LogP contribution in [0.25, 0.3) is 0 Å². The number of methoxy groups -OCH3 is 1. The second kappa shape index (κ2) is 6.56. The Hall–Kier alpha value is -2.56.